The van der Waals surface area contributed by atoms with Crippen molar-refractivity contribution in [2.24, 2.45) is 0 Å². The van der Waals surface area contributed by atoms with Crippen molar-refractivity contribution in [1.82, 2.24) is 19.9 Å². The van der Waals surface area contributed by atoms with Gasteiger partial charge in [0.2, 0.25) is 0 Å². The van der Waals surface area contributed by atoms with Gasteiger partial charge in [-0.25, -0.2) is 27.8 Å². The molecule has 0 amide bonds. The van der Waals surface area contributed by atoms with E-state index in [0.29, 0.717) is 63.5 Å². The second-order valence-corrected chi connectivity index (χ2v) is 14.8. The van der Waals surface area contributed by atoms with Crippen molar-refractivity contribution in [3.8, 4) is 22.8 Å². The van der Waals surface area contributed by atoms with Crippen LogP contribution in [0.15, 0.2) is 102 Å². The molecular weight excluding hydrogens is 685 g/mol. The van der Waals surface area contributed by atoms with E-state index in [1.807, 2.05) is 35.5 Å². The number of anilines is 2. The van der Waals surface area contributed by atoms with Gasteiger partial charge in [-0.1, -0.05) is 41.9 Å². The molecule has 0 bridgehead atoms. The monoisotopic (exact) mass is 717 g/mol. The normalized spacial score (nSPS) is 11.6. The molecule has 0 unspecified atom stereocenters. The number of sulfone groups is 1. The van der Waals surface area contributed by atoms with Crippen LogP contribution in [0.25, 0.3) is 22.2 Å². The van der Waals surface area contributed by atoms with E-state index in [1.165, 1.54) is 18.5 Å². The summed E-state index contributed by atoms with van der Waals surface area (Å²) in [4.78, 5) is 16.2. The van der Waals surface area contributed by atoms with Crippen LogP contribution in [0, 0.1) is 5.82 Å². The molecule has 6 aromatic rings. The molecule has 0 atom stereocenters. The Balaban J connectivity index is 1.14. The first-order valence-electron chi connectivity index (χ1n) is 15.4. The van der Waals surface area contributed by atoms with Crippen LogP contribution in [-0.4, -0.2) is 61.3 Å². The molecule has 0 saturated heterocycles. The first kappa shape index (κ1) is 34.3. The van der Waals surface area contributed by atoms with Crippen molar-refractivity contribution >= 4 is 55.2 Å². The lowest BCUT2D eigenvalue weighted by Gasteiger charge is -2.15. The summed E-state index contributed by atoms with van der Waals surface area (Å²) in [5.74, 6) is 1.39. The van der Waals surface area contributed by atoms with Gasteiger partial charge in [0.15, 0.2) is 9.84 Å². The average Bonchev–Trinajstić information content (AvgIpc) is 3.58. The summed E-state index contributed by atoms with van der Waals surface area (Å²) in [6, 6.07) is 23.9. The SMILES string of the molecule is COc1cc2ncnc(Nc3ccc(OCc4cccc(F)c4)c(Cl)c3)c2cc1-c1csc(CCN(C)CCS(=O)(=O)c2ccccc2)n1. The van der Waals surface area contributed by atoms with E-state index in [0.717, 1.165) is 21.7 Å². The standard InChI is InChI=1S/C36H33ClFN5O4S2/c1-43(15-16-49(44,45)27-9-4-3-5-10-27)14-13-35-42-32(22-48-35)28-19-29-31(20-34(28)46-2)39-23-40-36(29)41-26-11-12-33(30(37)18-26)47-21-24-7-6-8-25(38)17-24/h3-12,17-20,22-23H,13-16,21H2,1-2H3,(H,39,40,41). The number of halogens is 2. The third-order valence-electron chi connectivity index (χ3n) is 7.81. The molecule has 0 aliphatic heterocycles. The van der Waals surface area contributed by atoms with Crippen LogP contribution in [-0.2, 0) is 22.9 Å². The molecule has 0 aliphatic rings. The van der Waals surface area contributed by atoms with E-state index < -0.39 is 9.84 Å². The lowest BCUT2D eigenvalue weighted by atomic mass is 10.1. The molecule has 49 heavy (non-hydrogen) atoms. The van der Waals surface area contributed by atoms with Gasteiger partial charge in [-0.15, -0.1) is 11.3 Å². The lowest BCUT2D eigenvalue weighted by molar-refractivity contribution is 0.306. The molecule has 1 N–H and O–H groups in total. The van der Waals surface area contributed by atoms with Gasteiger partial charge in [-0.3, -0.25) is 0 Å². The number of hydrogen-bond acceptors (Lipinski definition) is 10. The van der Waals surface area contributed by atoms with Gasteiger partial charge >= 0.3 is 0 Å². The van der Waals surface area contributed by atoms with Crippen molar-refractivity contribution < 1.29 is 22.3 Å². The topological polar surface area (TPSA) is 107 Å². The summed E-state index contributed by atoms with van der Waals surface area (Å²) in [5.41, 5.74) is 3.62. The Bertz CT molecular complexity index is 2180. The number of nitrogens with one attached hydrogen (secondary N) is 1. The van der Waals surface area contributed by atoms with Crippen LogP contribution >= 0.6 is 22.9 Å². The molecule has 6 rings (SSSR count). The number of fused-ring (bicyclic) bond motifs is 1. The maximum Gasteiger partial charge on any atom is 0.179 e. The third kappa shape index (κ3) is 8.52. The molecular formula is C36H33ClFN5O4S2. The Morgan fingerprint density at radius 3 is 2.57 bits per heavy atom. The highest BCUT2D eigenvalue weighted by atomic mass is 35.5. The number of thiazole rings is 1. The molecule has 2 aromatic heterocycles. The quantitative estimate of drug-likeness (QED) is 0.121. The van der Waals surface area contributed by atoms with Crippen molar-refractivity contribution in [2.45, 2.75) is 17.9 Å². The first-order chi connectivity index (χ1) is 23.7. The number of rotatable bonds is 14. The Labute approximate surface area is 293 Å². The third-order valence-corrected chi connectivity index (χ3v) is 10.7. The van der Waals surface area contributed by atoms with E-state index in [4.69, 9.17) is 26.1 Å². The van der Waals surface area contributed by atoms with Crippen LogP contribution in [0.4, 0.5) is 15.9 Å². The minimum Gasteiger partial charge on any atom is -0.496 e. The molecule has 2 heterocycles. The van der Waals surface area contributed by atoms with Crippen molar-refractivity contribution in [3.63, 3.8) is 0 Å². The molecule has 0 saturated carbocycles. The van der Waals surface area contributed by atoms with E-state index >= 15 is 0 Å². The van der Waals surface area contributed by atoms with Gasteiger partial charge < -0.3 is 19.7 Å². The van der Waals surface area contributed by atoms with Crippen LogP contribution in [0.2, 0.25) is 5.02 Å². The van der Waals surface area contributed by atoms with Crippen molar-refractivity contribution in [1.29, 1.82) is 0 Å². The van der Waals surface area contributed by atoms with E-state index in [9.17, 15) is 12.8 Å². The molecule has 0 radical (unpaired) electrons. The molecule has 0 spiro atoms. The highest BCUT2D eigenvalue weighted by Crippen LogP contribution is 2.37. The summed E-state index contributed by atoms with van der Waals surface area (Å²) in [7, 11) is 0.178. The van der Waals surface area contributed by atoms with Gasteiger partial charge in [-0.05, 0) is 61.1 Å². The van der Waals surface area contributed by atoms with E-state index in [-0.39, 0.29) is 18.2 Å². The van der Waals surface area contributed by atoms with Gasteiger partial charge in [-0.2, -0.15) is 0 Å². The van der Waals surface area contributed by atoms with Gasteiger partial charge in [0.05, 0.1) is 39.0 Å². The molecule has 4 aromatic carbocycles. The number of aromatic nitrogens is 3. The minimum atomic E-state index is -3.34. The second kappa shape index (κ2) is 15.3. The number of methoxy groups -OCH3 is 1. The summed E-state index contributed by atoms with van der Waals surface area (Å²) in [5, 5.41) is 7.39. The fourth-order valence-corrected chi connectivity index (χ4v) is 7.52. The van der Waals surface area contributed by atoms with Crippen LogP contribution in [0.1, 0.15) is 10.6 Å². The Hall–Kier alpha value is -4.62. The largest absolute Gasteiger partial charge is 0.496 e. The smallest absolute Gasteiger partial charge is 0.179 e. The number of hydrogen-bond donors (Lipinski definition) is 1. The lowest BCUT2D eigenvalue weighted by Crippen LogP contribution is -2.27. The first-order valence-corrected chi connectivity index (χ1v) is 18.3. The molecule has 0 aliphatic carbocycles. The van der Waals surface area contributed by atoms with Crippen molar-refractivity contribution in [3.05, 3.63) is 118 Å². The highest BCUT2D eigenvalue weighted by Gasteiger charge is 2.17. The Kier molecular flexibility index (Phi) is 10.7. The zero-order chi connectivity index (χ0) is 34.4. The minimum absolute atomic E-state index is 0.0457. The number of ether oxygens (including phenoxy) is 2. The van der Waals surface area contributed by atoms with Crippen molar-refractivity contribution in [2.75, 3.05) is 38.3 Å². The fraction of sp³-hybridized carbons (Fsp3) is 0.194. The van der Waals surface area contributed by atoms with E-state index in [2.05, 4.69) is 15.3 Å². The molecule has 252 valence electrons. The average molecular weight is 718 g/mol. The summed E-state index contributed by atoms with van der Waals surface area (Å²) in [6.45, 7) is 1.25. The van der Waals surface area contributed by atoms with Crippen LogP contribution in [0.3, 0.4) is 0 Å². The van der Waals surface area contributed by atoms with Gasteiger partial charge in [0.25, 0.3) is 0 Å². The predicted octanol–water partition coefficient (Wildman–Crippen LogP) is 7.83. The number of likely N-dealkylation sites (N-methyl/N-ethyl adjacent to an activating group) is 1. The van der Waals surface area contributed by atoms with E-state index in [1.54, 1.807) is 73.0 Å². The maximum atomic E-state index is 13.5. The summed E-state index contributed by atoms with van der Waals surface area (Å²) < 4.78 is 50.4. The fourth-order valence-electron chi connectivity index (χ4n) is 5.14. The maximum absolute atomic E-state index is 13.5. The summed E-state index contributed by atoms with van der Waals surface area (Å²) >= 11 is 8.08. The molecule has 13 heteroatoms. The summed E-state index contributed by atoms with van der Waals surface area (Å²) in [6.07, 6.45) is 2.14. The van der Waals surface area contributed by atoms with Crippen LogP contribution in [0.5, 0.6) is 11.5 Å². The Morgan fingerprint density at radius 1 is 0.959 bits per heavy atom. The predicted molar refractivity (Wildman–Crippen MR) is 192 cm³/mol. The Morgan fingerprint density at radius 2 is 1.80 bits per heavy atom. The second-order valence-electron chi connectivity index (χ2n) is 11.3. The molecule has 9 nitrogen and oxygen atoms in total. The highest BCUT2D eigenvalue weighted by molar-refractivity contribution is 7.91. The van der Waals surface area contributed by atoms with Gasteiger partial charge in [0, 0.05) is 47.6 Å². The number of benzene rings is 4. The molecule has 0 fully saturated rings. The van der Waals surface area contributed by atoms with Gasteiger partial charge in [0.1, 0.15) is 36.1 Å². The number of nitrogens with zero attached hydrogens (tertiary/aromatic N) is 4. The zero-order valence-electron chi connectivity index (χ0n) is 26.8. The zero-order valence-corrected chi connectivity index (χ0v) is 29.2. The van der Waals surface area contributed by atoms with Crippen LogP contribution < -0.4 is 14.8 Å².